The van der Waals surface area contributed by atoms with Crippen molar-refractivity contribution < 1.29 is 8.42 Å². The summed E-state index contributed by atoms with van der Waals surface area (Å²) in [4.78, 5) is 6.74. The average Bonchev–Trinajstić information content (AvgIpc) is 2.97. The Balaban J connectivity index is 1.77. The largest absolute Gasteiger partial charge is 0.337 e. The predicted octanol–water partition coefficient (Wildman–Crippen LogP) is 0.810. The fraction of sp³-hybridized carbons (Fsp3) is 0.786. The Bertz CT molecular complexity index is 612. The molecule has 0 bridgehead atoms. The van der Waals surface area contributed by atoms with Crippen molar-refractivity contribution in [3.63, 3.8) is 0 Å². The van der Waals surface area contributed by atoms with Crippen molar-refractivity contribution in [3.05, 3.63) is 18.2 Å². The Morgan fingerprint density at radius 2 is 2.00 bits per heavy atom. The Kier molecular flexibility index (Phi) is 3.83. The molecule has 7 heteroatoms. The molecule has 0 N–H and O–H groups in total. The number of aromatic nitrogens is 2. The normalized spacial score (nSPS) is 28.5. The van der Waals surface area contributed by atoms with Crippen LogP contribution in [0.4, 0.5) is 0 Å². The van der Waals surface area contributed by atoms with Crippen LogP contribution in [0.1, 0.15) is 31.5 Å². The Hall–Kier alpha value is -0.920. The molecule has 1 atom stereocenters. The van der Waals surface area contributed by atoms with Crippen molar-refractivity contribution in [2.24, 2.45) is 7.05 Å². The fourth-order valence-electron chi connectivity index (χ4n) is 3.93. The van der Waals surface area contributed by atoms with Crippen LogP contribution >= 0.6 is 0 Å². The first-order valence-corrected chi connectivity index (χ1v) is 9.42. The number of sulfonamides is 1. The molecule has 0 saturated carbocycles. The highest BCUT2D eigenvalue weighted by Crippen LogP contribution is 2.39. The molecule has 6 nitrogen and oxygen atoms in total. The van der Waals surface area contributed by atoms with E-state index >= 15 is 0 Å². The second-order valence-electron chi connectivity index (χ2n) is 6.43. The van der Waals surface area contributed by atoms with Crippen molar-refractivity contribution in [1.82, 2.24) is 18.8 Å². The van der Waals surface area contributed by atoms with Gasteiger partial charge >= 0.3 is 0 Å². The van der Waals surface area contributed by atoms with Crippen molar-refractivity contribution in [3.8, 4) is 0 Å². The first kappa shape index (κ1) is 15.0. The zero-order valence-corrected chi connectivity index (χ0v) is 13.6. The van der Waals surface area contributed by atoms with Gasteiger partial charge in [-0.3, -0.25) is 4.90 Å². The summed E-state index contributed by atoms with van der Waals surface area (Å²) in [5, 5.41) is 0. The molecule has 2 fully saturated rings. The van der Waals surface area contributed by atoms with Gasteiger partial charge in [0.2, 0.25) is 10.0 Å². The summed E-state index contributed by atoms with van der Waals surface area (Å²) < 4.78 is 27.9. The van der Waals surface area contributed by atoms with Gasteiger partial charge in [0.15, 0.2) is 0 Å². The fourth-order valence-corrected chi connectivity index (χ4v) is 5.33. The van der Waals surface area contributed by atoms with E-state index in [2.05, 4.69) is 9.88 Å². The molecule has 2 saturated heterocycles. The summed E-state index contributed by atoms with van der Waals surface area (Å²) in [6, 6.07) is 0. The molecule has 0 aromatic carbocycles. The van der Waals surface area contributed by atoms with Crippen LogP contribution in [0.25, 0.3) is 0 Å². The highest BCUT2D eigenvalue weighted by atomic mass is 32.2. The predicted molar refractivity (Wildman–Crippen MR) is 81.2 cm³/mol. The number of likely N-dealkylation sites (tertiary alicyclic amines) is 1. The Morgan fingerprint density at radius 1 is 1.29 bits per heavy atom. The molecule has 3 heterocycles. The smallest absolute Gasteiger partial charge is 0.211 e. The molecule has 3 rings (SSSR count). The van der Waals surface area contributed by atoms with Crippen molar-refractivity contribution in [1.29, 1.82) is 0 Å². The summed E-state index contributed by atoms with van der Waals surface area (Å²) >= 11 is 0. The molecule has 118 valence electrons. The van der Waals surface area contributed by atoms with E-state index in [1.807, 2.05) is 24.0 Å². The summed E-state index contributed by atoms with van der Waals surface area (Å²) in [6.07, 6.45) is 9.10. The van der Waals surface area contributed by atoms with Crippen LogP contribution < -0.4 is 0 Å². The second-order valence-corrected chi connectivity index (χ2v) is 8.34. The Labute approximate surface area is 126 Å². The van der Waals surface area contributed by atoms with Gasteiger partial charge in [-0.1, -0.05) is 0 Å². The van der Waals surface area contributed by atoms with E-state index in [9.17, 15) is 8.42 Å². The third kappa shape index (κ3) is 2.86. The lowest BCUT2D eigenvalue weighted by Gasteiger charge is -2.44. The van der Waals surface area contributed by atoms with Gasteiger partial charge in [0.25, 0.3) is 0 Å². The van der Waals surface area contributed by atoms with Gasteiger partial charge in [0, 0.05) is 38.1 Å². The van der Waals surface area contributed by atoms with E-state index in [0.29, 0.717) is 6.54 Å². The number of nitrogens with zero attached hydrogens (tertiary/aromatic N) is 4. The number of aryl methyl sites for hydroxylation is 1. The van der Waals surface area contributed by atoms with Crippen molar-refractivity contribution in [2.45, 2.75) is 37.8 Å². The molecule has 0 radical (unpaired) electrons. The summed E-state index contributed by atoms with van der Waals surface area (Å²) in [5.74, 6) is 1.04. The standard InChI is InChI=1S/C14H24N4O2S/c1-16-10-7-15-13(16)11-17-8-3-5-14(12-17)6-4-9-18(14)21(2,19)20/h7,10H,3-6,8-9,11-12H2,1-2H3/t14-/m1/s1. The van der Waals surface area contributed by atoms with Gasteiger partial charge in [-0.2, -0.15) is 4.31 Å². The lowest BCUT2D eigenvalue weighted by molar-refractivity contribution is 0.0818. The van der Waals surface area contributed by atoms with Gasteiger partial charge in [-0.15, -0.1) is 0 Å². The molecule has 0 unspecified atom stereocenters. The molecule has 21 heavy (non-hydrogen) atoms. The number of rotatable bonds is 3. The summed E-state index contributed by atoms with van der Waals surface area (Å²) in [7, 11) is -1.12. The van der Waals surface area contributed by atoms with Crippen LogP contribution in [-0.2, 0) is 23.6 Å². The van der Waals surface area contributed by atoms with Crippen LogP contribution in [0.15, 0.2) is 12.4 Å². The van der Waals surface area contributed by atoms with Gasteiger partial charge in [-0.25, -0.2) is 13.4 Å². The topological polar surface area (TPSA) is 58.4 Å². The number of hydrogen-bond donors (Lipinski definition) is 0. The van der Waals surface area contributed by atoms with E-state index in [-0.39, 0.29) is 5.54 Å². The van der Waals surface area contributed by atoms with Crippen LogP contribution in [-0.4, -0.2) is 58.6 Å². The van der Waals surface area contributed by atoms with E-state index < -0.39 is 10.0 Å². The highest BCUT2D eigenvalue weighted by molar-refractivity contribution is 7.88. The van der Waals surface area contributed by atoms with Crippen LogP contribution in [0.2, 0.25) is 0 Å². The maximum Gasteiger partial charge on any atom is 0.211 e. The van der Waals surface area contributed by atoms with E-state index in [1.165, 1.54) is 6.26 Å². The lowest BCUT2D eigenvalue weighted by Crippen LogP contribution is -2.56. The minimum absolute atomic E-state index is 0.184. The second kappa shape index (κ2) is 5.37. The SMILES string of the molecule is Cn1ccnc1CN1CCC[C@@]2(CCCN2S(C)(=O)=O)C1. The van der Waals surface area contributed by atoms with Gasteiger partial charge < -0.3 is 4.57 Å². The van der Waals surface area contributed by atoms with E-state index in [4.69, 9.17) is 0 Å². The first-order chi connectivity index (χ1) is 9.91. The molecular weight excluding hydrogens is 288 g/mol. The van der Waals surface area contributed by atoms with Crippen LogP contribution in [0.3, 0.4) is 0 Å². The number of piperidine rings is 1. The first-order valence-electron chi connectivity index (χ1n) is 7.57. The van der Waals surface area contributed by atoms with Gasteiger partial charge in [0.05, 0.1) is 12.8 Å². The maximum absolute atomic E-state index is 12.1. The monoisotopic (exact) mass is 312 g/mol. The molecule has 0 aliphatic carbocycles. The summed E-state index contributed by atoms with van der Waals surface area (Å²) in [5.41, 5.74) is -0.184. The van der Waals surface area contributed by atoms with Crippen LogP contribution in [0, 0.1) is 0 Å². The molecule has 1 spiro atoms. The maximum atomic E-state index is 12.1. The van der Waals surface area contributed by atoms with Crippen molar-refractivity contribution >= 4 is 10.0 Å². The minimum atomic E-state index is -3.12. The zero-order chi connectivity index (χ0) is 15.1. The van der Waals surface area contributed by atoms with E-state index in [1.54, 1.807) is 4.31 Å². The highest BCUT2D eigenvalue weighted by Gasteiger charge is 2.47. The molecule has 2 aliphatic rings. The van der Waals surface area contributed by atoms with Gasteiger partial charge in [-0.05, 0) is 32.2 Å². The summed E-state index contributed by atoms with van der Waals surface area (Å²) in [6.45, 7) is 3.32. The molecule has 1 aromatic rings. The average molecular weight is 312 g/mol. The number of hydrogen-bond acceptors (Lipinski definition) is 4. The zero-order valence-electron chi connectivity index (χ0n) is 12.8. The Morgan fingerprint density at radius 3 is 2.62 bits per heavy atom. The molecule has 2 aliphatic heterocycles. The third-order valence-electron chi connectivity index (χ3n) is 4.85. The molecule has 0 amide bonds. The number of imidazole rings is 1. The van der Waals surface area contributed by atoms with Crippen LogP contribution in [0.5, 0.6) is 0 Å². The molecule has 1 aromatic heterocycles. The lowest BCUT2D eigenvalue weighted by atomic mass is 9.87. The minimum Gasteiger partial charge on any atom is -0.337 e. The molecular formula is C14H24N4O2S. The van der Waals surface area contributed by atoms with Gasteiger partial charge in [0.1, 0.15) is 5.82 Å². The quantitative estimate of drug-likeness (QED) is 0.829. The van der Waals surface area contributed by atoms with E-state index in [0.717, 1.165) is 51.1 Å². The van der Waals surface area contributed by atoms with Crippen molar-refractivity contribution in [2.75, 3.05) is 25.9 Å². The third-order valence-corrected chi connectivity index (χ3v) is 6.22.